The summed E-state index contributed by atoms with van der Waals surface area (Å²) in [7, 11) is 0. The summed E-state index contributed by atoms with van der Waals surface area (Å²) < 4.78 is 12.0. The number of hydrogen-bond donors (Lipinski definition) is 0. The van der Waals surface area contributed by atoms with E-state index in [0.29, 0.717) is 30.5 Å². The Hall–Kier alpha value is -2.96. The van der Waals surface area contributed by atoms with Crippen molar-refractivity contribution < 1.29 is 9.15 Å². The number of nitrogens with zero attached hydrogens (tertiary/aromatic N) is 4. The lowest BCUT2D eigenvalue weighted by atomic mass is 10.2. The van der Waals surface area contributed by atoms with Crippen LogP contribution in [0, 0.1) is 0 Å². The second-order valence-corrected chi connectivity index (χ2v) is 4.53. The van der Waals surface area contributed by atoms with Crippen molar-refractivity contribution in [2.45, 2.75) is 13.5 Å². The Morgan fingerprint density at radius 1 is 1.27 bits per heavy atom. The Balaban J connectivity index is 1.90. The van der Waals surface area contributed by atoms with Crippen LogP contribution in [-0.2, 0) is 6.54 Å². The molecule has 7 heteroatoms. The summed E-state index contributed by atoms with van der Waals surface area (Å²) in [5, 5.41) is 7.47. The molecule has 0 amide bonds. The minimum Gasteiger partial charge on any atom is -0.478 e. The summed E-state index contributed by atoms with van der Waals surface area (Å²) in [6.07, 6.45) is 2.92. The summed E-state index contributed by atoms with van der Waals surface area (Å²) in [5.74, 6) is 0.908. The summed E-state index contributed by atoms with van der Waals surface area (Å²) in [6, 6.07) is 8.58. The standard InChI is InChI=1S/C15H14N4O3/c1-2-21-13-5-3-4-12(17-13)9-19-8-11(6-7-14(19)20)15-18-16-10-22-15/h3-8,10H,2,9H2,1H3. The molecule has 0 radical (unpaired) electrons. The van der Waals surface area contributed by atoms with Gasteiger partial charge in [0.2, 0.25) is 18.2 Å². The van der Waals surface area contributed by atoms with Gasteiger partial charge in [0.05, 0.1) is 24.4 Å². The fourth-order valence-corrected chi connectivity index (χ4v) is 2.03. The number of aromatic nitrogens is 4. The van der Waals surface area contributed by atoms with Crippen molar-refractivity contribution in [3.63, 3.8) is 0 Å². The molecule has 0 aliphatic carbocycles. The molecule has 0 bridgehead atoms. The first-order chi connectivity index (χ1) is 10.8. The molecule has 7 nitrogen and oxygen atoms in total. The van der Waals surface area contributed by atoms with Gasteiger partial charge in [-0.05, 0) is 19.1 Å². The molecule has 3 rings (SSSR count). The lowest BCUT2D eigenvalue weighted by Crippen LogP contribution is -2.19. The van der Waals surface area contributed by atoms with Crippen molar-refractivity contribution in [2.24, 2.45) is 0 Å². The average Bonchev–Trinajstić information content (AvgIpc) is 3.05. The lowest BCUT2D eigenvalue weighted by molar-refractivity contribution is 0.325. The highest BCUT2D eigenvalue weighted by Gasteiger charge is 2.07. The molecular formula is C15H14N4O3. The second-order valence-electron chi connectivity index (χ2n) is 4.53. The molecule has 0 saturated heterocycles. The molecule has 0 spiro atoms. The number of rotatable bonds is 5. The predicted molar refractivity (Wildman–Crippen MR) is 78.5 cm³/mol. The van der Waals surface area contributed by atoms with Crippen molar-refractivity contribution in [1.29, 1.82) is 0 Å². The van der Waals surface area contributed by atoms with Crippen LogP contribution in [0.1, 0.15) is 12.6 Å². The fourth-order valence-electron chi connectivity index (χ4n) is 2.03. The number of hydrogen-bond acceptors (Lipinski definition) is 6. The zero-order valence-corrected chi connectivity index (χ0v) is 12.0. The number of ether oxygens (including phenoxy) is 1. The molecular weight excluding hydrogens is 284 g/mol. The van der Waals surface area contributed by atoms with Crippen LogP contribution >= 0.6 is 0 Å². The predicted octanol–water partition coefficient (Wildman–Crippen LogP) is 1.74. The van der Waals surface area contributed by atoms with E-state index >= 15 is 0 Å². The summed E-state index contributed by atoms with van der Waals surface area (Å²) in [5.41, 5.74) is 1.28. The van der Waals surface area contributed by atoms with Gasteiger partial charge in [-0.3, -0.25) is 4.79 Å². The molecule has 0 unspecified atom stereocenters. The van der Waals surface area contributed by atoms with Gasteiger partial charge in [-0.2, -0.15) is 0 Å². The molecule has 0 N–H and O–H groups in total. The van der Waals surface area contributed by atoms with E-state index in [1.807, 2.05) is 19.1 Å². The lowest BCUT2D eigenvalue weighted by Gasteiger charge is -2.08. The van der Waals surface area contributed by atoms with Crippen LogP contribution in [0.3, 0.4) is 0 Å². The van der Waals surface area contributed by atoms with Gasteiger partial charge in [0.1, 0.15) is 0 Å². The van der Waals surface area contributed by atoms with Gasteiger partial charge in [-0.1, -0.05) is 6.07 Å². The van der Waals surface area contributed by atoms with Gasteiger partial charge < -0.3 is 13.7 Å². The maximum atomic E-state index is 12.0. The molecule has 0 aromatic carbocycles. The SMILES string of the molecule is CCOc1cccc(Cn2cc(-c3nnco3)ccc2=O)n1. The first kappa shape index (κ1) is 14.0. The van der Waals surface area contributed by atoms with E-state index in [9.17, 15) is 4.79 Å². The monoisotopic (exact) mass is 298 g/mol. The maximum absolute atomic E-state index is 12.0. The third kappa shape index (κ3) is 3.03. The van der Waals surface area contributed by atoms with Gasteiger partial charge in [-0.15, -0.1) is 10.2 Å². The smallest absolute Gasteiger partial charge is 0.250 e. The zero-order chi connectivity index (χ0) is 15.4. The molecule has 3 heterocycles. The average molecular weight is 298 g/mol. The van der Waals surface area contributed by atoms with E-state index in [1.165, 1.54) is 17.0 Å². The molecule has 3 aromatic rings. The zero-order valence-electron chi connectivity index (χ0n) is 12.0. The number of pyridine rings is 2. The molecule has 0 aliphatic rings. The van der Waals surface area contributed by atoms with Crippen LogP contribution in [0.15, 0.2) is 52.1 Å². The minimum absolute atomic E-state index is 0.133. The molecule has 112 valence electrons. The van der Waals surface area contributed by atoms with Crippen molar-refractivity contribution in [3.05, 3.63) is 59.0 Å². The van der Waals surface area contributed by atoms with Gasteiger partial charge in [0.25, 0.3) is 5.56 Å². The summed E-state index contributed by atoms with van der Waals surface area (Å²) in [6.45, 7) is 2.78. The third-order valence-corrected chi connectivity index (χ3v) is 3.00. The van der Waals surface area contributed by atoms with Crippen LogP contribution in [0.5, 0.6) is 5.88 Å². The van der Waals surface area contributed by atoms with Crippen LogP contribution in [0.2, 0.25) is 0 Å². The van der Waals surface area contributed by atoms with Crippen molar-refractivity contribution in [2.75, 3.05) is 6.61 Å². The quantitative estimate of drug-likeness (QED) is 0.713. The van der Waals surface area contributed by atoms with Crippen LogP contribution < -0.4 is 10.3 Å². The normalized spacial score (nSPS) is 10.6. The molecule has 0 atom stereocenters. The molecule has 3 aromatic heterocycles. The maximum Gasteiger partial charge on any atom is 0.250 e. The molecule has 0 fully saturated rings. The Bertz CT molecular complexity index is 812. The van der Waals surface area contributed by atoms with E-state index in [-0.39, 0.29) is 5.56 Å². The highest BCUT2D eigenvalue weighted by atomic mass is 16.5. The molecule has 22 heavy (non-hydrogen) atoms. The molecule has 0 saturated carbocycles. The Morgan fingerprint density at radius 3 is 2.95 bits per heavy atom. The highest BCUT2D eigenvalue weighted by Crippen LogP contribution is 2.14. The topological polar surface area (TPSA) is 83.0 Å². The van der Waals surface area contributed by atoms with E-state index in [0.717, 1.165) is 5.69 Å². The van der Waals surface area contributed by atoms with Gasteiger partial charge in [0.15, 0.2) is 0 Å². The van der Waals surface area contributed by atoms with Crippen molar-refractivity contribution in [1.82, 2.24) is 19.7 Å². The highest BCUT2D eigenvalue weighted by molar-refractivity contribution is 5.50. The summed E-state index contributed by atoms with van der Waals surface area (Å²) >= 11 is 0. The van der Waals surface area contributed by atoms with Crippen LogP contribution in [0.25, 0.3) is 11.5 Å². The van der Waals surface area contributed by atoms with E-state index in [1.54, 1.807) is 18.3 Å². The van der Waals surface area contributed by atoms with Gasteiger partial charge in [-0.25, -0.2) is 4.98 Å². The fraction of sp³-hybridized carbons (Fsp3) is 0.200. The second kappa shape index (κ2) is 6.21. The van der Waals surface area contributed by atoms with Crippen molar-refractivity contribution in [3.8, 4) is 17.3 Å². The van der Waals surface area contributed by atoms with E-state index < -0.39 is 0 Å². The molecule has 0 aliphatic heterocycles. The Labute approximate surface area is 126 Å². The van der Waals surface area contributed by atoms with Crippen LogP contribution in [0.4, 0.5) is 0 Å². The van der Waals surface area contributed by atoms with Gasteiger partial charge >= 0.3 is 0 Å². The van der Waals surface area contributed by atoms with E-state index in [4.69, 9.17) is 9.15 Å². The third-order valence-electron chi connectivity index (χ3n) is 3.00. The van der Waals surface area contributed by atoms with Crippen LogP contribution in [-0.4, -0.2) is 26.4 Å². The first-order valence-corrected chi connectivity index (χ1v) is 6.82. The largest absolute Gasteiger partial charge is 0.478 e. The van der Waals surface area contributed by atoms with Crippen molar-refractivity contribution >= 4 is 0 Å². The first-order valence-electron chi connectivity index (χ1n) is 6.82. The Kier molecular flexibility index (Phi) is 3.95. The van der Waals surface area contributed by atoms with Gasteiger partial charge in [0, 0.05) is 18.3 Å². The minimum atomic E-state index is -0.133. The Morgan fingerprint density at radius 2 is 2.18 bits per heavy atom. The van der Waals surface area contributed by atoms with E-state index in [2.05, 4.69) is 15.2 Å². The summed E-state index contributed by atoms with van der Waals surface area (Å²) in [4.78, 5) is 16.4.